The number of aromatic amines is 1. The van der Waals surface area contributed by atoms with Crippen molar-refractivity contribution in [2.45, 2.75) is 12.2 Å². The summed E-state index contributed by atoms with van der Waals surface area (Å²) in [6, 6.07) is 12.7. The molecule has 0 bridgehead atoms. The maximum absolute atomic E-state index is 12.4. The normalized spacial score (nSPS) is 13.1. The number of methoxy groups -OCH3 is 1. The second-order valence-corrected chi connectivity index (χ2v) is 7.66. The Hall–Kier alpha value is -2.55. The first-order valence-corrected chi connectivity index (χ1v) is 10.1. The molecular formula is C20H19BN2O4S. The molecule has 3 aromatic rings. The Morgan fingerprint density at radius 2 is 1.89 bits per heavy atom. The topological polar surface area (TPSA) is 95.4 Å². The van der Waals surface area contributed by atoms with Gasteiger partial charge in [0.1, 0.15) is 11.6 Å². The largest absolute Gasteiger partial charge is 0.496 e. The fourth-order valence-electron chi connectivity index (χ4n) is 3.29. The van der Waals surface area contributed by atoms with E-state index < -0.39 is 7.12 Å². The number of nitrogens with zero attached hydrogens (tertiary/aromatic N) is 1. The summed E-state index contributed by atoms with van der Waals surface area (Å²) in [5.74, 6) is 2.83. The van der Waals surface area contributed by atoms with Crippen LogP contribution in [0.15, 0.2) is 47.3 Å². The zero-order chi connectivity index (χ0) is 19.7. The van der Waals surface area contributed by atoms with Crippen molar-refractivity contribution in [3.05, 3.63) is 64.1 Å². The van der Waals surface area contributed by atoms with Gasteiger partial charge < -0.3 is 19.8 Å². The molecule has 1 aromatic heterocycles. The van der Waals surface area contributed by atoms with Crippen LogP contribution in [0.4, 0.5) is 0 Å². The van der Waals surface area contributed by atoms with Crippen molar-refractivity contribution in [2.24, 2.45) is 0 Å². The van der Waals surface area contributed by atoms with Gasteiger partial charge in [-0.2, -0.15) is 11.8 Å². The van der Waals surface area contributed by atoms with Gasteiger partial charge in [0.05, 0.1) is 12.8 Å². The molecule has 0 radical (unpaired) electrons. The van der Waals surface area contributed by atoms with E-state index in [4.69, 9.17) is 4.74 Å². The lowest BCUT2D eigenvalue weighted by molar-refractivity contribution is 0.413. The summed E-state index contributed by atoms with van der Waals surface area (Å²) in [4.78, 5) is 19.9. The molecule has 0 saturated carbocycles. The highest BCUT2D eigenvalue weighted by atomic mass is 32.2. The van der Waals surface area contributed by atoms with Crippen LogP contribution in [-0.2, 0) is 12.2 Å². The summed E-state index contributed by atoms with van der Waals surface area (Å²) in [7, 11) is -0.00325. The fourth-order valence-corrected chi connectivity index (χ4v) is 4.28. The van der Waals surface area contributed by atoms with Crippen molar-refractivity contribution in [1.29, 1.82) is 0 Å². The van der Waals surface area contributed by atoms with Gasteiger partial charge in [-0.25, -0.2) is 4.98 Å². The Bertz CT molecular complexity index is 1070. The molecule has 8 heteroatoms. The molecule has 0 unspecified atom stereocenters. The van der Waals surface area contributed by atoms with E-state index in [9.17, 15) is 14.8 Å². The Kier molecular flexibility index (Phi) is 5.26. The van der Waals surface area contributed by atoms with Crippen LogP contribution in [0.3, 0.4) is 0 Å². The summed E-state index contributed by atoms with van der Waals surface area (Å²) >= 11 is 1.76. The monoisotopic (exact) mass is 394 g/mol. The van der Waals surface area contributed by atoms with Gasteiger partial charge in [-0.1, -0.05) is 36.4 Å². The van der Waals surface area contributed by atoms with Crippen molar-refractivity contribution >= 4 is 24.3 Å². The molecule has 2 heterocycles. The maximum Gasteiger partial charge on any atom is 0.488 e. The van der Waals surface area contributed by atoms with Gasteiger partial charge in [0.2, 0.25) is 0 Å². The molecule has 0 saturated heterocycles. The van der Waals surface area contributed by atoms with Crippen LogP contribution in [0, 0.1) is 0 Å². The molecule has 1 aliphatic heterocycles. The van der Waals surface area contributed by atoms with E-state index in [-0.39, 0.29) is 5.56 Å². The summed E-state index contributed by atoms with van der Waals surface area (Å²) in [6.07, 6.45) is 0.815. The molecule has 0 fully saturated rings. The molecule has 1 aliphatic rings. The third kappa shape index (κ3) is 3.58. The van der Waals surface area contributed by atoms with E-state index >= 15 is 0 Å². The number of ether oxygens (including phenoxy) is 1. The SMILES string of the molecule is COc1cc(B(O)O)ccc1-c1ccc(-c2nc3c(c(=O)[nH]2)CSCC3)cc1. The highest BCUT2D eigenvalue weighted by molar-refractivity contribution is 7.98. The van der Waals surface area contributed by atoms with Gasteiger partial charge in [-0.05, 0) is 29.3 Å². The molecular weight excluding hydrogens is 375 g/mol. The maximum atomic E-state index is 12.4. The number of aromatic nitrogens is 2. The Balaban J connectivity index is 1.68. The first kappa shape index (κ1) is 18.8. The lowest BCUT2D eigenvalue weighted by Crippen LogP contribution is -2.29. The van der Waals surface area contributed by atoms with Crippen LogP contribution >= 0.6 is 11.8 Å². The van der Waals surface area contributed by atoms with Crippen LogP contribution in [0.5, 0.6) is 5.75 Å². The van der Waals surface area contributed by atoms with Crippen molar-refractivity contribution in [3.63, 3.8) is 0 Å². The van der Waals surface area contributed by atoms with Crippen LogP contribution in [0.25, 0.3) is 22.5 Å². The average molecular weight is 394 g/mol. The number of thioether (sulfide) groups is 1. The lowest BCUT2D eigenvalue weighted by atomic mass is 9.79. The van der Waals surface area contributed by atoms with Crippen molar-refractivity contribution in [2.75, 3.05) is 12.9 Å². The number of nitrogens with one attached hydrogen (secondary N) is 1. The van der Waals surface area contributed by atoms with E-state index in [1.807, 2.05) is 24.3 Å². The van der Waals surface area contributed by atoms with E-state index in [2.05, 4.69) is 9.97 Å². The van der Waals surface area contributed by atoms with Crippen LogP contribution in [0.1, 0.15) is 11.3 Å². The fraction of sp³-hybridized carbons (Fsp3) is 0.200. The Labute approximate surface area is 166 Å². The quantitative estimate of drug-likeness (QED) is 0.582. The average Bonchev–Trinajstić information content (AvgIpc) is 2.73. The van der Waals surface area contributed by atoms with Crippen LogP contribution in [0.2, 0.25) is 0 Å². The molecule has 142 valence electrons. The lowest BCUT2D eigenvalue weighted by Gasteiger charge is -2.15. The number of fused-ring (bicyclic) bond motifs is 1. The molecule has 0 atom stereocenters. The first-order chi connectivity index (χ1) is 13.6. The Morgan fingerprint density at radius 1 is 1.14 bits per heavy atom. The van der Waals surface area contributed by atoms with Crippen LogP contribution in [-0.4, -0.2) is 40.0 Å². The van der Waals surface area contributed by atoms with Gasteiger partial charge in [-0.15, -0.1) is 0 Å². The van der Waals surface area contributed by atoms with Crippen molar-refractivity contribution in [3.8, 4) is 28.3 Å². The zero-order valence-electron chi connectivity index (χ0n) is 15.3. The van der Waals surface area contributed by atoms with E-state index in [1.54, 1.807) is 37.1 Å². The van der Waals surface area contributed by atoms with Gasteiger partial charge in [0.25, 0.3) is 5.56 Å². The summed E-state index contributed by atoms with van der Waals surface area (Å²) in [6.45, 7) is 0. The third-order valence-corrected chi connectivity index (χ3v) is 5.81. The molecule has 0 spiro atoms. The molecule has 2 aromatic carbocycles. The minimum absolute atomic E-state index is 0.0592. The molecule has 0 aliphatic carbocycles. The van der Waals surface area contributed by atoms with Gasteiger partial charge >= 0.3 is 7.12 Å². The van der Waals surface area contributed by atoms with E-state index in [1.165, 1.54) is 0 Å². The van der Waals surface area contributed by atoms with Crippen molar-refractivity contribution < 1.29 is 14.8 Å². The predicted molar refractivity (Wildman–Crippen MR) is 112 cm³/mol. The van der Waals surface area contributed by atoms with Gasteiger partial charge in [0, 0.05) is 22.4 Å². The predicted octanol–water partition coefficient (Wildman–Crippen LogP) is 1.58. The van der Waals surface area contributed by atoms with E-state index in [0.29, 0.717) is 17.0 Å². The highest BCUT2D eigenvalue weighted by Crippen LogP contribution is 2.30. The number of hydrogen-bond acceptors (Lipinski definition) is 6. The zero-order valence-corrected chi connectivity index (χ0v) is 16.1. The number of hydrogen-bond donors (Lipinski definition) is 3. The third-order valence-electron chi connectivity index (χ3n) is 4.82. The molecule has 4 rings (SSSR count). The van der Waals surface area contributed by atoms with Crippen LogP contribution < -0.4 is 15.8 Å². The molecule has 3 N–H and O–H groups in total. The molecule has 6 nitrogen and oxygen atoms in total. The van der Waals surface area contributed by atoms with Gasteiger partial charge in [0.15, 0.2) is 0 Å². The second kappa shape index (κ2) is 7.83. The second-order valence-electron chi connectivity index (χ2n) is 6.55. The smallest absolute Gasteiger partial charge is 0.488 e. The summed E-state index contributed by atoms with van der Waals surface area (Å²) < 4.78 is 5.40. The van der Waals surface area contributed by atoms with Gasteiger partial charge in [-0.3, -0.25) is 4.79 Å². The first-order valence-electron chi connectivity index (χ1n) is 8.91. The summed E-state index contributed by atoms with van der Waals surface area (Å²) in [5.41, 5.74) is 4.57. The van der Waals surface area contributed by atoms with E-state index in [0.717, 1.165) is 45.9 Å². The number of rotatable bonds is 4. The number of benzene rings is 2. The highest BCUT2D eigenvalue weighted by Gasteiger charge is 2.17. The Morgan fingerprint density at radius 3 is 2.61 bits per heavy atom. The molecule has 0 amide bonds. The minimum Gasteiger partial charge on any atom is -0.496 e. The molecule has 28 heavy (non-hydrogen) atoms. The summed E-state index contributed by atoms with van der Waals surface area (Å²) in [5, 5.41) is 18.7. The number of aryl methyl sites for hydroxylation is 1. The minimum atomic E-state index is -1.55. The number of H-pyrrole nitrogens is 1. The van der Waals surface area contributed by atoms with Crippen molar-refractivity contribution in [1.82, 2.24) is 9.97 Å². The standard InChI is InChI=1S/C20H19BN2O4S/c1-27-18-10-14(21(25)26)6-7-15(18)12-2-4-13(5-3-12)19-22-17-8-9-28-11-16(17)20(24)23-19/h2-7,10,25-26H,8-9,11H2,1H3,(H,22,23,24).